The van der Waals surface area contributed by atoms with E-state index in [0.717, 1.165) is 17.0 Å². The van der Waals surface area contributed by atoms with Gasteiger partial charge in [0.15, 0.2) is 5.96 Å². The van der Waals surface area contributed by atoms with Crippen molar-refractivity contribution in [2.45, 2.75) is 40.5 Å². The molecule has 1 N–H and O–H groups in total. The molecule has 0 aliphatic heterocycles. The highest BCUT2D eigenvalue weighted by molar-refractivity contribution is 14.0. The summed E-state index contributed by atoms with van der Waals surface area (Å²) in [6, 6.07) is 6.55. The van der Waals surface area contributed by atoms with E-state index in [1.165, 1.54) is 12.1 Å². The lowest BCUT2D eigenvalue weighted by Gasteiger charge is -2.22. The van der Waals surface area contributed by atoms with E-state index >= 15 is 0 Å². The highest BCUT2D eigenvalue weighted by atomic mass is 127. The average Bonchev–Trinajstić information content (AvgIpc) is 2.91. The predicted molar refractivity (Wildman–Crippen MR) is 111 cm³/mol. The van der Waals surface area contributed by atoms with E-state index in [1.54, 1.807) is 12.1 Å². The van der Waals surface area contributed by atoms with Crippen LogP contribution in [0.1, 0.15) is 29.8 Å². The van der Waals surface area contributed by atoms with Crippen LogP contribution in [-0.2, 0) is 13.1 Å². The highest BCUT2D eigenvalue weighted by Crippen LogP contribution is 2.16. The van der Waals surface area contributed by atoms with Gasteiger partial charge < -0.3 is 19.4 Å². The number of alkyl halides is 2. The smallest absolute Gasteiger partial charge is 0.387 e. The molecule has 1 aromatic heterocycles. The molecular weight excluding hydrogens is 469 g/mol. The van der Waals surface area contributed by atoms with Gasteiger partial charge in [-0.1, -0.05) is 12.1 Å². The molecule has 0 saturated heterocycles. The van der Waals surface area contributed by atoms with Crippen molar-refractivity contribution >= 4 is 29.9 Å². The van der Waals surface area contributed by atoms with Crippen LogP contribution in [-0.4, -0.2) is 36.0 Å². The first kappa shape index (κ1) is 23.1. The zero-order valence-electron chi connectivity index (χ0n) is 15.8. The molecule has 9 heteroatoms. The molecule has 0 radical (unpaired) electrons. The third-order valence-corrected chi connectivity index (χ3v) is 3.70. The number of nitrogens with zero attached hydrogens (tertiary/aromatic N) is 3. The molecule has 0 aliphatic rings. The Hall–Kier alpha value is -1.91. The van der Waals surface area contributed by atoms with Gasteiger partial charge in [0.05, 0.1) is 5.69 Å². The van der Waals surface area contributed by atoms with Crippen molar-refractivity contribution in [2.24, 2.45) is 4.99 Å². The molecule has 150 valence electrons. The number of nitrogens with one attached hydrogen (secondary N) is 1. The fourth-order valence-electron chi connectivity index (χ4n) is 2.34. The summed E-state index contributed by atoms with van der Waals surface area (Å²) in [6.07, 6.45) is 0. The fraction of sp³-hybridized carbons (Fsp3) is 0.444. The van der Waals surface area contributed by atoms with E-state index in [0.29, 0.717) is 31.5 Å². The van der Waals surface area contributed by atoms with Crippen molar-refractivity contribution in [3.63, 3.8) is 0 Å². The number of halogens is 3. The van der Waals surface area contributed by atoms with E-state index in [4.69, 9.17) is 4.42 Å². The van der Waals surface area contributed by atoms with Gasteiger partial charge in [0.25, 0.3) is 0 Å². The van der Waals surface area contributed by atoms with Gasteiger partial charge in [0, 0.05) is 20.1 Å². The summed E-state index contributed by atoms with van der Waals surface area (Å²) in [5.41, 5.74) is 1.81. The number of ether oxygens (including phenoxy) is 1. The zero-order valence-corrected chi connectivity index (χ0v) is 18.2. The Balaban J connectivity index is 0.00000364. The molecule has 1 heterocycles. The van der Waals surface area contributed by atoms with Gasteiger partial charge in [-0.05, 0) is 38.5 Å². The Morgan fingerprint density at radius 3 is 2.48 bits per heavy atom. The third-order valence-electron chi connectivity index (χ3n) is 3.70. The maximum atomic E-state index is 12.2. The van der Waals surface area contributed by atoms with Gasteiger partial charge in [-0.15, -0.1) is 24.0 Å². The largest absolute Gasteiger partial charge is 0.444 e. The first-order chi connectivity index (χ1) is 12.4. The molecule has 0 unspecified atom stereocenters. The van der Waals surface area contributed by atoms with Gasteiger partial charge in [-0.2, -0.15) is 8.78 Å². The quantitative estimate of drug-likeness (QED) is 0.357. The third kappa shape index (κ3) is 7.31. The van der Waals surface area contributed by atoms with Crippen molar-refractivity contribution in [3.05, 3.63) is 47.2 Å². The first-order valence-electron chi connectivity index (χ1n) is 8.35. The van der Waals surface area contributed by atoms with Gasteiger partial charge in [-0.3, -0.25) is 0 Å². The maximum Gasteiger partial charge on any atom is 0.387 e. The number of aromatic nitrogens is 1. The van der Waals surface area contributed by atoms with E-state index in [2.05, 4.69) is 20.0 Å². The van der Waals surface area contributed by atoms with Crippen LogP contribution >= 0.6 is 24.0 Å². The van der Waals surface area contributed by atoms with E-state index < -0.39 is 6.61 Å². The van der Waals surface area contributed by atoms with Crippen LogP contribution in [0, 0.1) is 13.8 Å². The Morgan fingerprint density at radius 1 is 1.30 bits per heavy atom. The van der Waals surface area contributed by atoms with Crippen molar-refractivity contribution < 1.29 is 17.9 Å². The Labute approximate surface area is 175 Å². The lowest BCUT2D eigenvalue weighted by molar-refractivity contribution is -0.0498. The van der Waals surface area contributed by atoms with Crippen LogP contribution in [0.2, 0.25) is 0 Å². The van der Waals surface area contributed by atoms with Crippen molar-refractivity contribution in [1.29, 1.82) is 0 Å². The number of hydrogen-bond acceptors (Lipinski definition) is 4. The van der Waals surface area contributed by atoms with E-state index in [-0.39, 0.29) is 29.7 Å². The molecule has 2 rings (SSSR count). The number of benzene rings is 1. The monoisotopic (exact) mass is 494 g/mol. The highest BCUT2D eigenvalue weighted by Gasteiger charge is 2.10. The number of aryl methyl sites for hydroxylation is 2. The van der Waals surface area contributed by atoms with Gasteiger partial charge in [0.2, 0.25) is 5.89 Å². The van der Waals surface area contributed by atoms with E-state index in [9.17, 15) is 8.78 Å². The summed E-state index contributed by atoms with van der Waals surface area (Å²) in [5.74, 6) is 2.20. The van der Waals surface area contributed by atoms with Gasteiger partial charge in [-0.25, -0.2) is 9.98 Å². The van der Waals surface area contributed by atoms with E-state index in [1.807, 2.05) is 32.7 Å². The summed E-state index contributed by atoms with van der Waals surface area (Å²) >= 11 is 0. The molecule has 0 aliphatic carbocycles. The number of guanidine groups is 1. The van der Waals surface area contributed by atoms with Crippen LogP contribution in [0.4, 0.5) is 8.78 Å². The normalized spacial score (nSPS) is 11.3. The van der Waals surface area contributed by atoms with Crippen molar-refractivity contribution in [2.75, 3.05) is 13.6 Å². The van der Waals surface area contributed by atoms with Crippen LogP contribution in [0.15, 0.2) is 33.7 Å². The molecule has 0 amide bonds. The summed E-state index contributed by atoms with van der Waals surface area (Å²) in [6.45, 7) is 4.54. The summed E-state index contributed by atoms with van der Waals surface area (Å²) < 4.78 is 34.3. The lowest BCUT2D eigenvalue weighted by atomic mass is 10.2. The Morgan fingerprint density at radius 2 is 1.96 bits per heavy atom. The molecule has 6 nitrogen and oxygen atoms in total. The second kappa shape index (κ2) is 11.1. The second-order valence-corrected chi connectivity index (χ2v) is 5.80. The molecule has 0 atom stereocenters. The molecule has 0 saturated carbocycles. The maximum absolute atomic E-state index is 12.2. The minimum absolute atomic E-state index is 0. The SMILES string of the molecule is CCNC(=NCc1nc(C)c(C)o1)N(C)Cc1ccc(OC(F)F)cc1.I. The summed E-state index contributed by atoms with van der Waals surface area (Å²) in [7, 11) is 1.90. The fourth-order valence-corrected chi connectivity index (χ4v) is 2.34. The second-order valence-electron chi connectivity index (χ2n) is 5.80. The predicted octanol–water partition coefficient (Wildman–Crippen LogP) is 4.11. The Bertz CT molecular complexity index is 716. The first-order valence-corrected chi connectivity index (χ1v) is 8.35. The molecule has 1 aromatic carbocycles. The molecule has 0 fully saturated rings. The molecule has 2 aromatic rings. The molecule has 0 spiro atoms. The number of aliphatic imine (C=N–C) groups is 1. The Kier molecular flexibility index (Phi) is 9.47. The van der Waals surface area contributed by atoms with Crippen LogP contribution in [0.5, 0.6) is 5.75 Å². The van der Waals surface area contributed by atoms with Crippen LogP contribution in [0.25, 0.3) is 0 Å². The van der Waals surface area contributed by atoms with Crippen LogP contribution in [0.3, 0.4) is 0 Å². The number of hydrogen-bond donors (Lipinski definition) is 1. The lowest BCUT2D eigenvalue weighted by Crippen LogP contribution is -2.38. The standard InChI is InChI=1S/C18H24F2N4O2.HI/c1-5-21-18(22-10-16-23-12(2)13(3)25-16)24(4)11-14-6-8-15(9-7-14)26-17(19)20;/h6-9,17H,5,10-11H2,1-4H3,(H,21,22);1H. The molecular formula is C18H25F2IN4O2. The average molecular weight is 494 g/mol. The summed E-state index contributed by atoms with van der Waals surface area (Å²) in [5, 5.41) is 3.21. The van der Waals surface area contributed by atoms with Crippen molar-refractivity contribution in [1.82, 2.24) is 15.2 Å². The van der Waals surface area contributed by atoms with Crippen molar-refractivity contribution in [3.8, 4) is 5.75 Å². The molecule has 0 bridgehead atoms. The number of oxazole rings is 1. The zero-order chi connectivity index (χ0) is 19.1. The topological polar surface area (TPSA) is 62.9 Å². The summed E-state index contributed by atoms with van der Waals surface area (Å²) in [4.78, 5) is 10.8. The van der Waals surface area contributed by atoms with Crippen LogP contribution < -0.4 is 10.1 Å². The number of rotatable bonds is 7. The minimum Gasteiger partial charge on any atom is -0.444 e. The van der Waals surface area contributed by atoms with Gasteiger partial charge in [0.1, 0.15) is 18.1 Å². The van der Waals surface area contributed by atoms with Gasteiger partial charge >= 0.3 is 6.61 Å². The molecule has 27 heavy (non-hydrogen) atoms. The minimum atomic E-state index is -2.82.